The molecule has 3 nitrogen and oxygen atoms in total. The smallest absolute Gasteiger partial charge is 0.0917 e. The third kappa shape index (κ3) is 3.92. The molecule has 1 atom stereocenters. The maximum Gasteiger partial charge on any atom is 0.0917 e. The Bertz CT molecular complexity index is 676. The number of aryl methyl sites for hydroxylation is 2. The topological polar surface area (TPSA) is 26.7 Å². The van der Waals surface area contributed by atoms with E-state index in [4.69, 9.17) is 11.6 Å². The predicted molar refractivity (Wildman–Crippen MR) is 101 cm³/mol. The van der Waals surface area contributed by atoms with E-state index in [9.17, 15) is 5.11 Å². The molecule has 0 aliphatic carbocycles. The first-order valence-corrected chi connectivity index (χ1v) is 8.89. The molecule has 1 heterocycles. The van der Waals surface area contributed by atoms with E-state index in [0.717, 1.165) is 31.7 Å². The summed E-state index contributed by atoms with van der Waals surface area (Å²) in [6.45, 7) is 8.93. The van der Waals surface area contributed by atoms with Gasteiger partial charge in [-0.1, -0.05) is 41.9 Å². The Balaban J connectivity index is 1.59. The number of benzene rings is 2. The molecular formula is C20H25ClN2O. The molecule has 1 N–H and O–H groups in total. The lowest BCUT2D eigenvalue weighted by Crippen LogP contribution is -2.48. The Morgan fingerprint density at radius 2 is 1.62 bits per heavy atom. The fourth-order valence-corrected chi connectivity index (χ4v) is 3.72. The van der Waals surface area contributed by atoms with E-state index in [0.29, 0.717) is 11.6 Å². The standard InChI is InChI=1S/C20H25ClN2O/c1-15-5-3-6-16(2)20(15)23-11-9-22(10-12-23)14-19(24)17-7-4-8-18(21)13-17/h3-8,13,19,24H,9-12,14H2,1-2H3. The van der Waals surface area contributed by atoms with Crippen molar-refractivity contribution in [3.8, 4) is 0 Å². The van der Waals surface area contributed by atoms with Gasteiger partial charge in [-0.3, -0.25) is 4.90 Å². The molecule has 0 spiro atoms. The van der Waals surface area contributed by atoms with Crippen molar-refractivity contribution in [2.75, 3.05) is 37.6 Å². The van der Waals surface area contributed by atoms with Gasteiger partial charge in [-0.2, -0.15) is 0 Å². The van der Waals surface area contributed by atoms with Crippen LogP contribution in [-0.2, 0) is 0 Å². The van der Waals surface area contributed by atoms with Gasteiger partial charge in [0.25, 0.3) is 0 Å². The molecule has 0 radical (unpaired) electrons. The second kappa shape index (κ2) is 7.56. The molecule has 1 aliphatic heterocycles. The number of hydrogen-bond acceptors (Lipinski definition) is 3. The van der Waals surface area contributed by atoms with Gasteiger partial charge in [0.05, 0.1) is 6.10 Å². The monoisotopic (exact) mass is 344 g/mol. The summed E-state index contributed by atoms with van der Waals surface area (Å²) in [7, 11) is 0. The Morgan fingerprint density at radius 3 is 2.25 bits per heavy atom. The van der Waals surface area contributed by atoms with E-state index >= 15 is 0 Å². The van der Waals surface area contributed by atoms with Crippen molar-refractivity contribution in [2.45, 2.75) is 20.0 Å². The van der Waals surface area contributed by atoms with Crippen LogP contribution in [-0.4, -0.2) is 42.7 Å². The van der Waals surface area contributed by atoms with Crippen LogP contribution in [0.3, 0.4) is 0 Å². The van der Waals surface area contributed by atoms with E-state index in [-0.39, 0.29) is 0 Å². The number of piperazine rings is 1. The highest BCUT2D eigenvalue weighted by Crippen LogP contribution is 2.26. The fraction of sp³-hybridized carbons (Fsp3) is 0.400. The number of halogens is 1. The third-order valence-corrected chi connectivity index (χ3v) is 5.03. The molecular weight excluding hydrogens is 320 g/mol. The number of aliphatic hydroxyl groups is 1. The molecule has 2 aromatic rings. The van der Waals surface area contributed by atoms with E-state index in [1.807, 2.05) is 24.3 Å². The molecule has 24 heavy (non-hydrogen) atoms. The lowest BCUT2D eigenvalue weighted by atomic mass is 10.1. The van der Waals surface area contributed by atoms with Crippen LogP contribution < -0.4 is 4.90 Å². The lowest BCUT2D eigenvalue weighted by Gasteiger charge is -2.38. The molecule has 0 aromatic heterocycles. The van der Waals surface area contributed by atoms with Crippen molar-refractivity contribution in [1.29, 1.82) is 0 Å². The van der Waals surface area contributed by atoms with Crippen LogP contribution in [0.1, 0.15) is 22.8 Å². The number of hydrogen-bond donors (Lipinski definition) is 1. The molecule has 0 amide bonds. The fourth-order valence-electron chi connectivity index (χ4n) is 3.52. The Morgan fingerprint density at radius 1 is 1.00 bits per heavy atom. The van der Waals surface area contributed by atoms with E-state index < -0.39 is 6.10 Å². The molecule has 0 saturated carbocycles. The minimum absolute atomic E-state index is 0.490. The first-order chi connectivity index (χ1) is 11.5. The van der Waals surface area contributed by atoms with Crippen molar-refractivity contribution in [1.82, 2.24) is 4.90 Å². The molecule has 4 heteroatoms. The minimum atomic E-state index is -0.490. The quantitative estimate of drug-likeness (QED) is 0.913. The highest BCUT2D eigenvalue weighted by atomic mass is 35.5. The summed E-state index contributed by atoms with van der Waals surface area (Å²) in [5.41, 5.74) is 4.93. The van der Waals surface area contributed by atoms with Gasteiger partial charge < -0.3 is 10.0 Å². The van der Waals surface area contributed by atoms with Crippen molar-refractivity contribution in [3.05, 3.63) is 64.2 Å². The molecule has 3 rings (SSSR count). The number of rotatable bonds is 4. The maximum atomic E-state index is 10.5. The summed E-state index contributed by atoms with van der Waals surface area (Å²) in [4.78, 5) is 4.79. The van der Waals surface area contributed by atoms with Crippen molar-refractivity contribution < 1.29 is 5.11 Å². The van der Waals surface area contributed by atoms with Gasteiger partial charge in [-0.25, -0.2) is 0 Å². The summed E-state index contributed by atoms with van der Waals surface area (Å²) < 4.78 is 0. The van der Waals surface area contributed by atoms with E-state index in [2.05, 4.69) is 41.8 Å². The molecule has 1 saturated heterocycles. The summed E-state index contributed by atoms with van der Waals surface area (Å²) in [6, 6.07) is 14.0. The van der Waals surface area contributed by atoms with Crippen LogP contribution in [0.5, 0.6) is 0 Å². The zero-order chi connectivity index (χ0) is 17.1. The normalized spacial score (nSPS) is 17.1. The van der Waals surface area contributed by atoms with Gasteiger partial charge in [0, 0.05) is 43.4 Å². The minimum Gasteiger partial charge on any atom is -0.387 e. The Labute approximate surface area is 149 Å². The van der Waals surface area contributed by atoms with E-state index in [1.165, 1.54) is 16.8 Å². The molecule has 128 valence electrons. The van der Waals surface area contributed by atoms with E-state index in [1.54, 1.807) is 0 Å². The van der Waals surface area contributed by atoms with Crippen LogP contribution in [0.15, 0.2) is 42.5 Å². The highest BCUT2D eigenvalue weighted by Gasteiger charge is 2.21. The summed E-state index contributed by atoms with van der Waals surface area (Å²) in [5, 5.41) is 11.1. The van der Waals surface area contributed by atoms with Crippen molar-refractivity contribution >= 4 is 17.3 Å². The van der Waals surface area contributed by atoms with Gasteiger partial charge in [-0.05, 0) is 42.7 Å². The number of anilines is 1. The molecule has 1 aliphatic rings. The van der Waals surface area contributed by atoms with Crippen molar-refractivity contribution in [3.63, 3.8) is 0 Å². The van der Waals surface area contributed by atoms with Crippen LogP contribution in [0.2, 0.25) is 5.02 Å². The number of aliphatic hydroxyl groups excluding tert-OH is 1. The second-order valence-electron chi connectivity index (χ2n) is 6.60. The van der Waals surface area contributed by atoms with Crippen LogP contribution in [0, 0.1) is 13.8 Å². The molecule has 2 aromatic carbocycles. The molecule has 1 fully saturated rings. The van der Waals surface area contributed by atoms with Gasteiger partial charge in [-0.15, -0.1) is 0 Å². The third-order valence-electron chi connectivity index (χ3n) is 4.79. The largest absolute Gasteiger partial charge is 0.387 e. The predicted octanol–water partition coefficient (Wildman–Crippen LogP) is 3.81. The van der Waals surface area contributed by atoms with Gasteiger partial charge in [0.15, 0.2) is 0 Å². The SMILES string of the molecule is Cc1cccc(C)c1N1CCN(CC(O)c2cccc(Cl)c2)CC1. The second-order valence-corrected chi connectivity index (χ2v) is 7.04. The highest BCUT2D eigenvalue weighted by molar-refractivity contribution is 6.30. The first-order valence-electron chi connectivity index (χ1n) is 8.51. The van der Waals surface area contributed by atoms with Crippen molar-refractivity contribution in [2.24, 2.45) is 0 Å². The molecule has 1 unspecified atom stereocenters. The Hall–Kier alpha value is -1.55. The molecule has 0 bridgehead atoms. The van der Waals surface area contributed by atoms with Crippen LogP contribution in [0.4, 0.5) is 5.69 Å². The summed E-state index contributed by atoms with van der Waals surface area (Å²) in [6.07, 6.45) is -0.490. The van der Waals surface area contributed by atoms with Gasteiger partial charge in [0.2, 0.25) is 0 Å². The maximum absolute atomic E-state index is 10.5. The zero-order valence-electron chi connectivity index (χ0n) is 14.4. The Kier molecular flexibility index (Phi) is 5.44. The lowest BCUT2D eigenvalue weighted by molar-refractivity contribution is 0.109. The average molecular weight is 345 g/mol. The summed E-state index contributed by atoms with van der Waals surface area (Å²) in [5.74, 6) is 0. The summed E-state index contributed by atoms with van der Waals surface area (Å²) >= 11 is 6.02. The van der Waals surface area contributed by atoms with Crippen LogP contribution in [0.25, 0.3) is 0 Å². The first kappa shape index (κ1) is 17.3. The number of nitrogens with zero attached hydrogens (tertiary/aromatic N) is 2. The van der Waals surface area contributed by atoms with Crippen LogP contribution >= 0.6 is 11.6 Å². The number of para-hydroxylation sites is 1. The number of β-amino-alcohol motifs (C(OH)–C–C–N with tert-alkyl or cyclic N) is 1. The van der Waals surface area contributed by atoms with Gasteiger partial charge in [0.1, 0.15) is 0 Å². The van der Waals surface area contributed by atoms with Gasteiger partial charge >= 0.3 is 0 Å². The zero-order valence-corrected chi connectivity index (χ0v) is 15.1. The average Bonchev–Trinajstić information content (AvgIpc) is 2.56.